The van der Waals surface area contributed by atoms with Crippen LogP contribution in [0.1, 0.15) is 18.4 Å². The van der Waals surface area contributed by atoms with Crippen LogP contribution in [0.2, 0.25) is 0 Å². The normalized spacial score (nSPS) is 15.4. The van der Waals surface area contributed by atoms with E-state index in [4.69, 9.17) is 21.7 Å². The van der Waals surface area contributed by atoms with E-state index in [-0.39, 0.29) is 31.1 Å². The predicted molar refractivity (Wildman–Crippen MR) is 128 cm³/mol. The summed E-state index contributed by atoms with van der Waals surface area (Å²) in [7, 11) is 0. The Balaban J connectivity index is 1.18. The summed E-state index contributed by atoms with van der Waals surface area (Å²) < 4.78 is 12.8. The Labute approximate surface area is 201 Å². The second-order valence-corrected chi connectivity index (χ2v) is 8.90. The molecule has 2 aromatic carbocycles. The van der Waals surface area contributed by atoms with E-state index in [1.54, 1.807) is 27.7 Å². The Morgan fingerprint density at radius 1 is 1.12 bits per heavy atom. The average molecular weight is 480 g/mol. The van der Waals surface area contributed by atoms with Crippen molar-refractivity contribution in [2.45, 2.75) is 26.3 Å². The van der Waals surface area contributed by atoms with Gasteiger partial charge in [0.15, 0.2) is 22.1 Å². The van der Waals surface area contributed by atoms with Crippen molar-refractivity contribution in [1.82, 2.24) is 19.7 Å². The minimum atomic E-state index is -0.159. The summed E-state index contributed by atoms with van der Waals surface area (Å²) in [6.07, 6.45) is 1.20. The van der Waals surface area contributed by atoms with Gasteiger partial charge in [-0.15, -0.1) is 0 Å². The molecule has 2 aliphatic heterocycles. The fourth-order valence-electron chi connectivity index (χ4n) is 4.23. The van der Waals surface area contributed by atoms with E-state index in [1.165, 1.54) is 0 Å². The molecular formula is C24H25N5O4S. The van der Waals surface area contributed by atoms with Crippen molar-refractivity contribution in [3.8, 4) is 22.9 Å². The SMILES string of the molecule is Cc1ccc(-c2n[nH]c(=S)n2CC(=O)N2CCC(C(=O)Nc3ccc4c(c3)OCO4)CC2)cc1. The number of piperidine rings is 1. The number of aromatic nitrogens is 3. The molecule has 34 heavy (non-hydrogen) atoms. The van der Waals surface area contributed by atoms with Crippen LogP contribution in [0.5, 0.6) is 11.5 Å². The lowest BCUT2D eigenvalue weighted by molar-refractivity contribution is -0.135. The van der Waals surface area contributed by atoms with Gasteiger partial charge in [0.05, 0.1) is 0 Å². The Morgan fingerprint density at radius 3 is 2.62 bits per heavy atom. The third-order valence-electron chi connectivity index (χ3n) is 6.22. The zero-order valence-electron chi connectivity index (χ0n) is 18.7. The number of aromatic amines is 1. The highest BCUT2D eigenvalue weighted by atomic mass is 32.1. The second-order valence-electron chi connectivity index (χ2n) is 8.52. The van der Waals surface area contributed by atoms with Crippen LogP contribution >= 0.6 is 12.2 Å². The highest BCUT2D eigenvalue weighted by Crippen LogP contribution is 2.34. The number of carbonyl (C=O) groups is 2. The third-order valence-corrected chi connectivity index (χ3v) is 6.53. The number of hydrogen-bond donors (Lipinski definition) is 2. The number of amides is 2. The molecule has 3 heterocycles. The molecule has 0 bridgehead atoms. The lowest BCUT2D eigenvalue weighted by atomic mass is 9.95. The number of anilines is 1. The number of ether oxygens (including phenoxy) is 2. The van der Waals surface area contributed by atoms with Gasteiger partial charge >= 0.3 is 0 Å². The summed E-state index contributed by atoms with van der Waals surface area (Å²) in [5.41, 5.74) is 2.71. The maximum atomic E-state index is 13.0. The van der Waals surface area contributed by atoms with Crippen LogP contribution in [0, 0.1) is 17.6 Å². The molecule has 0 atom stereocenters. The van der Waals surface area contributed by atoms with Crippen LogP contribution in [-0.4, -0.2) is 51.4 Å². The molecule has 3 aromatic rings. The average Bonchev–Trinajstić information content (AvgIpc) is 3.46. The van der Waals surface area contributed by atoms with Crippen molar-refractivity contribution in [3.63, 3.8) is 0 Å². The standard InChI is InChI=1S/C24H25N5O4S/c1-15-2-4-16(5-3-15)22-26-27-24(34)29(22)13-21(30)28-10-8-17(9-11-28)23(31)25-18-6-7-19-20(12-18)33-14-32-19/h2-7,12,17H,8-11,13-14H2,1H3,(H,25,31)(H,27,34). The molecule has 10 heteroatoms. The number of fused-ring (bicyclic) bond motifs is 1. The lowest BCUT2D eigenvalue weighted by Crippen LogP contribution is -2.42. The highest BCUT2D eigenvalue weighted by molar-refractivity contribution is 7.71. The zero-order chi connectivity index (χ0) is 23.7. The Bertz CT molecular complexity index is 1280. The monoisotopic (exact) mass is 479 g/mol. The van der Waals surface area contributed by atoms with Crippen LogP contribution in [0.15, 0.2) is 42.5 Å². The van der Waals surface area contributed by atoms with Crippen LogP contribution in [0.25, 0.3) is 11.4 Å². The molecule has 2 amide bonds. The largest absolute Gasteiger partial charge is 0.454 e. The molecule has 1 fully saturated rings. The number of benzene rings is 2. The number of nitrogens with one attached hydrogen (secondary N) is 2. The minimum absolute atomic E-state index is 0.0412. The molecule has 1 aromatic heterocycles. The van der Waals surface area contributed by atoms with Crippen molar-refractivity contribution in [1.29, 1.82) is 0 Å². The van der Waals surface area contributed by atoms with Gasteiger partial charge < -0.3 is 19.7 Å². The molecule has 0 spiro atoms. The maximum Gasteiger partial charge on any atom is 0.242 e. The first-order chi connectivity index (χ1) is 16.5. The first-order valence-electron chi connectivity index (χ1n) is 11.2. The molecule has 0 saturated carbocycles. The van der Waals surface area contributed by atoms with E-state index in [1.807, 2.05) is 31.2 Å². The number of rotatable bonds is 5. The summed E-state index contributed by atoms with van der Waals surface area (Å²) in [5, 5.41) is 10.1. The van der Waals surface area contributed by atoms with Crippen molar-refractivity contribution in [2.24, 2.45) is 5.92 Å². The molecule has 5 rings (SSSR count). The number of carbonyl (C=O) groups excluding carboxylic acids is 2. The van der Waals surface area contributed by atoms with Gasteiger partial charge in [-0.05, 0) is 44.1 Å². The first-order valence-corrected chi connectivity index (χ1v) is 11.6. The van der Waals surface area contributed by atoms with Crippen molar-refractivity contribution >= 4 is 29.7 Å². The van der Waals surface area contributed by atoms with E-state index in [9.17, 15) is 9.59 Å². The maximum absolute atomic E-state index is 13.0. The van der Waals surface area contributed by atoms with E-state index < -0.39 is 0 Å². The van der Waals surface area contributed by atoms with Crippen LogP contribution in [0.4, 0.5) is 5.69 Å². The van der Waals surface area contributed by atoms with Gasteiger partial charge in [0.2, 0.25) is 18.6 Å². The number of aryl methyl sites for hydroxylation is 1. The summed E-state index contributed by atoms with van der Waals surface area (Å²) >= 11 is 5.37. The molecule has 1 saturated heterocycles. The van der Waals surface area contributed by atoms with E-state index in [0.29, 0.717) is 53.7 Å². The number of nitrogens with zero attached hydrogens (tertiary/aromatic N) is 3. The second kappa shape index (κ2) is 9.30. The summed E-state index contributed by atoms with van der Waals surface area (Å²) in [4.78, 5) is 27.6. The van der Waals surface area contributed by atoms with Gasteiger partial charge in [0.1, 0.15) is 6.54 Å². The van der Waals surface area contributed by atoms with Gasteiger partial charge in [-0.1, -0.05) is 29.8 Å². The Morgan fingerprint density at radius 2 is 1.85 bits per heavy atom. The number of likely N-dealkylation sites (tertiary alicyclic amines) is 1. The molecule has 176 valence electrons. The smallest absolute Gasteiger partial charge is 0.242 e. The summed E-state index contributed by atoms with van der Waals surface area (Å²) in [6, 6.07) is 13.3. The van der Waals surface area contributed by atoms with Crippen molar-refractivity contribution < 1.29 is 19.1 Å². The molecular weight excluding hydrogens is 454 g/mol. The van der Waals surface area contributed by atoms with Gasteiger partial charge in [0.25, 0.3) is 0 Å². The summed E-state index contributed by atoms with van der Waals surface area (Å²) in [6.45, 7) is 3.35. The molecule has 0 unspecified atom stereocenters. The molecule has 2 N–H and O–H groups in total. The number of hydrogen-bond acceptors (Lipinski definition) is 6. The quantitative estimate of drug-likeness (QED) is 0.543. The fourth-order valence-corrected chi connectivity index (χ4v) is 4.43. The third kappa shape index (κ3) is 4.54. The topological polar surface area (TPSA) is 101 Å². The molecule has 2 aliphatic rings. The zero-order valence-corrected chi connectivity index (χ0v) is 19.6. The summed E-state index contributed by atoms with van der Waals surface area (Å²) in [5.74, 6) is 1.68. The molecule has 9 nitrogen and oxygen atoms in total. The Kier molecular flexibility index (Phi) is 6.06. The minimum Gasteiger partial charge on any atom is -0.454 e. The van der Waals surface area contributed by atoms with Gasteiger partial charge in [0, 0.05) is 36.3 Å². The van der Waals surface area contributed by atoms with E-state index in [2.05, 4.69) is 15.5 Å². The van der Waals surface area contributed by atoms with Crippen LogP contribution in [-0.2, 0) is 16.1 Å². The van der Waals surface area contributed by atoms with Crippen LogP contribution in [0.3, 0.4) is 0 Å². The van der Waals surface area contributed by atoms with E-state index >= 15 is 0 Å². The van der Waals surface area contributed by atoms with Gasteiger partial charge in [-0.25, -0.2) is 0 Å². The highest BCUT2D eigenvalue weighted by Gasteiger charge is 2.28. The van der Waals surface area contributed by atoms with E-state index in [0.717, 1.165) is 11.1 Å². The van der Waals surface area contributed by atoms with Crippen molar-refractivity contribution in [3.05, 3.63) is 52.8 Å². The van der Waals surface area contributed by atoms with Gasteiger partial charge in [-0.2, -0.15) is 5.10 Å². The Hall–Kier alpha value is -3.66. The first kappa shape index (κ1) is 22.1. The number of H-pyrrole nitrogens is 1. The fraction of sp³-hybridized carbons (Fsp3) is 0.333. The van der Waals surface area contributed by atoms with Crippen molar-refractivity contribution in [2.75, 3.05) is 25.2 Å². The lowest BCUT2D eigenvalue weighted by Gasteiger charge is -2.31. The predicted octanol–water partition coefficient (Wildman–Crippen LogP) is 3.52. The van der Waals surface area contributed by atoms with Gasteiger partial charge in [-0.3, -0.25) is 19.3 Å². The molecule has 0 aliphatic carbocycles. The van der Waals surface area contributed by atoms with Crippen LogP contribution < -0.4 is 14.8 Å². The molecule has 0 radical (unpaired) electrons.